The maximum Gasteiger partial charge on any atom is 0.0662 e. The summed E-state index contributed by atoms with van der Waals surface area (Å²) in [6, 6.07) is 11.0. The van der Waals surface area contributed by atoms with Gasteiger partial charge in [0.2, 0.25) is 0 Å². The van der Waals surface area contributed by atoms with Gasteiger partial charge in [0.15, 0.2) is 0 Å². The zero-order chi connectivity index (χ0) is 14.9. The van der Waals surface area contributed by atoms with Gasteiger partial charge in [0.05, 0.1) is 12.7 Å². The number of hydrogen-bond acceptors (Lipinski definition) is 2. The highest BCUT2D eigenvalue weighted by atomic mass is 15.3. The Balaban J connectivity index is 1.92. The van der Waals surface area contributed by atoms with Crippen LogP contribution in [0.25, 0.3) is 0 Å². The molecule has 1 N–H and O–H groups in total. The molecular weight excluding hydrogens is 258 g/mol. The predicted molar refractivity (Wildman–Crippen MR) is 86.3 cm³/mol. The first kappa shape index (κ1) is 14.3. The Hall–Kier alpha value is -1.61. The van der Waals surface area contributed by atoms with Crippen molar-refractivity contribution in [2.45, 2.75) is 46.2 Å². The normalized spacial score (nSPS) is 20.2. The molecule has 3 rings (SSSR count). The highest BCUT2D eigenvalue weighted by Crippen LogP contribution is 2.40. The molecule has 0 radical (unpaired) electrons. The lowest BCUT2D eigenvalue weighted by Gasteiger charge is -2.36. The van der Waals surface area contributed by atoms with Gasteiger partial charge in [-0.25, -0.2) is 0 Å². The average Bonchev–Trinajstić information content (AvgIpc) is 2.82. The van der Waals surface area contributed by atoms with Crippen molar-refractivity contribution in [1.29, 1.82) is 0 Å². The third kappa shape index (κ3) is 3.03. The van der Waals surface area contributed by atoms with Crippen molar-refractivity contribution in [3.63, 3.8) is 0 Å². The fourth-order valence-electron chi connectivity index (χ4n) is 3.42. The summed E-state index contributed by atoms with van der Waals surface area (Å²) in [5.41, 5.74) is 4.44. The lowest BCUT2D eigenvalue weighted by molar-refractivity contribution is 0.253. The third-order valence-corrected chi connectivity index (χ3v) is 4.38. The zero-order valence-electron chi connectivity index (χ0n) is 13.3. The van der Waals surface area contributed by atoms with E-state index < -0.39 is 0 Å². The molecule has 1 heterocycles. The number of aromatic nitrogens is 2. The van der Waals surface area contributed by atoms with Crippen molar-refractivity contribution < 1.29 is 0 Å². The van der Waals surface area contributed by atoms with Crippen molar-refractivity contribution in [2.75, 3.05) is 6.54 Å². The molecule has 0 fully saturated rings. The molecule has 2 aromatic rings. The molecule has 1 aliphatic carbocycles. The molecule has 21 heavy (non-hydrogen) atoms. The molecule has 0 spiro atoms. The van der Waals surface area contributed by atoms with E-state index in [1.54, 1.807) is 0 Å². The third-order valence-electron chi connectivity index (χ3n) is 4.38. The van der Waals surface area contributed by atoms with E-state index in [4.69, 9.17) is 0 Å². The van der Waals surface area contributed by atoms with E-state index in [9.17, 15) is 0 Å². The Labute approximate surface area is 127 Å². The molecule has 0 saturated carbocycles. The highest BCUT2D eigenvalue weighted by molar-refractivity contribution is 5.28. The second-order valence-corrected chi connectivity index (χ2v) is 6.85. The van der Waals surface area contributed by atoms with Crippen molar-refractivity contribution in [3.05, 3.63) is 53.3 Å². The van der Waals surface area contributed by atoms with E-state index in [2.05, 4.69) is 72.4 Å². The predicted octanol–water partition coefficient (Wildman–Crippen LogP) is 3.55. The van der Waals surface area contributed by atoms with Crippen LogP contribution in [0.5, 0.6) is 0 Å². The van der Waals surface area contributed by atoms with E-state index in [0.29, 0.717) is 11.5 Å². The molecule has 1 aromatic carbocycles. The van der Waals surface area contributed by atoms with Gasteiger partial charge in [-0.15, -0.1) is 0 Å². The summed E-state index contributed by atoms with van der Waals surface area (Å²) in [6.45, 7) is 8.77. The Morgan fingerprint density at radius 3 is 2.76 bits per heavy atom. The molecule has 3 heteroatoms. The Morgan fingerprint density at radius 2 is 2.05 bits per heavy atom. The van der Waals surface area contributed by atoms with Gasteiger partial charge in [0, 0.05) is 17.3 Å². The molecule has 1 aromatic heterocycles. The van der Waals surface area contributed by atoms with Gasteiger partial charge in [0.1, 0.15) is 0 Å². The van der Waals surface area contributed by atoms with Gasteiger partial charge in [-0.1, -0.05) is 51.1 Å². The van der Waals surface area contributed by atoms with Crippen LogP contribution in [-0.2, 0) is 13.0 Å². The SMILES string of the molecule is CCNC1CC(C)(C)Cc2c1cnn2Cc1ccccc1. The van der Waals surface area contributed by atoms with E-state index in [0.717, 1.165) is 19.5 Å². The van der Waals surface area contributed by atoms with Crippen LogP contribution in [0.15, 0.2) is 36.5 Å². The van der Waals surface area contributed by atoms with Gasteiger partial charge in [-0.2, -0.15) is 5.10 Å². The van der Waals surface area contributed by atoms with Crippen LogP contribution in [0, 0.1) is 5.41 Å². The quantitative estimate of drug-likeness (QED) is 0.930. The van der Waals surface area contributed by atoms with E-state index >= 15 is 0 Å². The van der Waals surface area contributed by atoms with Gasteiger partial charge < -0.3 is 5.32 Å². The lowest BCUT2D eigenvalue weighted by Crippen LogP contribution is -2.33. The molecule has 0 aliphatic heterocycles. The number of nitrogens with one attached hydrogen (secondary N) is 1. The second kappa shape index (κ2) is 5.64. The first-order valence-corrected chi connectivity index (χ1v) is 7.91. The van der Waals surface area contributed by atoms with Crippen LogP contribution < -0.4 is 5.32 Å². The summed E-state index contributed by atoms with van der Waals surface area (Å²) >= 11 is 0. The largest absolute Gasteiger partial charge is 0.310 e. The van der Waals surface area contributed by atoms with Gasteiger partial charge >= 0.3 is 0 Å². The van der Waals surface area contributed by atoms with E-state index in [1.807, 2.05) is 0 Å². The van der Waals surface area contributed by atoms with Crippen LogP contribution in [-0.4, -0.2) is 16.3 Å². The molecule has 1 unspecified atom stereocenters. The van der Waals surface area contributed by atoms with Crippen LogP contribution in [0.4, 0.5) is 0 Å². The standard InChI is InChI=1S/C18H25N3/c1-4-19-16-10-18(2,3)11-17-15(16)12-20-21(17)13-14-8-6-5-7-9-14/h5-9,12,16,19H,4,10-11,13H2,1-3H3. The average molecular weight is 283 g/mol. The summed E-state index contributed by atoms with van der Waals surface area (Å²) < 4.78 is 2.19. The monoisotopic (exact) mass is 283 g/mol. The topological polar surface area (TPSA) is 29.9 Å². The van der Waals surface area contributed by atoms with Gasteiger partial charge in [-0.05, 0) is 30.4 Å². The van der Waals surface area contributed by atoms with Crippen LogP contribution in [0.3, 0.4) is 0 Å². The van der Waals surface area contributed by atoms with E-state index in [1.165, 1.54) is 23.2 Å². The van der Waals surface area contributed by atoms with Crippen LogP contribution in [0.2, 0.25) is 0 Å². The molecule has 3 nitrogen and oxygen atoms in total. The summed E-state index contributed by atoms with van der Waals surface area (Å²) in [7, 11) is 0. The number of rotatable bonds is 4. The Bertz CT molecular complexity index is 598. The molecule has 112 valence electrons. The van der Waals surface area contributed by atoms with Crippen molar-refractivity contribution in [1.82, 2.24) is 15.1 Å². The molecular formula is C18H25N3. The Kier molecular flexibility index (Phi) is 3.85. The number of nitrogens with zero attached hydrogens (tertiary/aromatic N) is 2. The zero-order valence-corrected chi connectivity index (χ0v) is 13.3. The molecule has 0 bridgehead atoms. The molecule has 1 aliphatic rings. The fourth-order valence-corrected chi connectivity index (χ4v) is 3.42. The number of benzene rings is 1. The maximum atomic E-state index is 4.67. The summed E-state index contributed by atoms with van der Waals surface area (Å²) in [5, 5.41) is 8.29. The maximum absolute atomic E-state index is 4.67. The minimum absolute atomic E-state index is 0.328. The first-order valence-electron chi connectivity index (χ1n) is 7.91. The van der Waals surface area contributed by atoms with Crippen LogP contribution >= 0.6 is 0 Å². The minimum atomic E-state index is 0.328. The second-order valence-electron chi connectivity index (χ2n) is 6.85. The molecule has 1 atom stereocenters. The van der Waals surface area contributed by atoms with Gasteiger partial charge in [0.25, 0.3) is 0 Å². The van der Waals surface area contributed by atoms with Crippen molar-refractivity contribution >= 4 is 0 Å². The summed E-state index contributed by atoms with van der Waals surface area (Å²) in [6.07, 6.45) is 4.36. The van der Waals surface area contributed by atoms with Crippen LogP contribution in [0.1, 0.15) is 50.1 Å². The van der Waals surface area contributed by atoms with Crippen molar-refractivity contribution in [2.24, 2.45) is 5.41 Å². The summed E-state index contributed by atoms with van der Waals surface area (Å²) in [4.78, 5) is 0. The lowest BCUT2D eigenvalue weighted by atomic mass is 9.74. The van der Waals surface area contributed by atoms with E-state index in [-0.39, 0.29) is 0 Å². The number of hydrogen-bond donors (Lipinski definition) is 1. The number of fused-ring (bicyclic) bond motifs is 1. The first-order chi connectivity index (χ1) is 10.1. The van der Waals surface area contributed by atoms with Gasteiger partial charge in [-0.3, -0.25) is 4.68 Å². The Morgan fingerprint density at radius 1 is 1.29 bits per heavy atom. The smallest absolute Gasteiger partial charge is 0.0662 e. The molecule has 0 saturated heterocycles. The minimum Gasteiger partial charge on any atom is -0.310 e. The molecule has 0 amide bonds. The fraction of sp³-hybridized carbons (Fsp3) is 0.500. The summed E-state index contributed by atoms with van der Waals surface area (Å²) in [5.74, 6) is 0. The highest BCUT2D eigenvalue weighted by Gasteiger charge is 2.34. The van der Waals surface area contributed by atoms with Crippen molar-refractivity contribution in [3.8, 4) is 0 Å².